The smallest absolute Gasteiger partial charge is 0.326 e. The number of nitrogens with one attached hydrogen (secondary N) is 3. The molecule has 0 bridgehead atoms. The van der Waals surface area contributed by atoms with E-state index >= 15 is 0 Å². The van der Waals surface area contributed by atoms with Gasteiger partial charge in [-0.25, -0.2) is 4.79 Å². The fourth-order valence-electron chi connectivity index (χ4n) is 3.75. The van der Waals surface area contributed by atoms with Gasteiger partial charge < -0.3 is 37.0 Å². The Labute approximate surface area is 229 Å². The van der Waals surface area contributed by atoms with Crippen LogP contribution in [0, 0.1) is 0 Å². The molecule has 0 aliphatic rings. The predicted molar refractivity (Wildman–Crippen MR) is 141 cm³/mol. The fraction of sp³-hybridized carbons (Fsp3) is 0.333. The first-order chi connectivity index (χ1) is 19.0. The Morgan fingerprint density at radius 1 is 0.625 bits per heavy atom. The molecule has 0 fully saturated rings. The highest BCUT2D eigenvalue weighted by molar-refractivity contribution is 5.95. The van der Waals surface area contributed by atoms with Crippen molar-refractivity contribution in [3.05, 3.63) is 71.8 Å². The Hall–Kier alpha value is -4.78. The van der Waals surface area contributed by atoms with Crippen LogP contribution < -0.4 is 21.7 Å². The molecule has 0 aromatic heterocycles. The third-order valence-corrected chi connectivity index (χ3v) is 5.82. The summed E-state index contributed by atoms with van der Waals surface area (Å²) in [6.07, 6.45) is -1.78. The molecule has 0 radical (unpaired) electrons. The minimum Gasteiger partial charge on any atom is -0.481 e. The monoisotopic (exact) mass is 556 g/mol. The maximum absolute atomic E-state index is 13.0. The SMILES string of the molecule is NC(Cc1ccccc1)C(=O)NC(CCC(=O)O)C(=O)NC(CC(=O)O)C(=O)NC(Cc1ccccc1)C(=O)O. The van der Waals surface area contributed by atoms with Crippen LogP contribution in [0.4, 0.5) is 0 Å². The first kappa shape index (κ1) is 31.4. The number of carboxylic acids is 3. The summed E-state index contributed by atoms with van der Waals surface area (Å²) in [6, 6.07) is 11.5. The van der Waals surface area contributed by atoms with Gasteiger partial charge in [-0.3, -0.25) is 24.0 Å². The number of hydrogen-bond acceptors (Lipinski definition) is 7. The molecule has 13 nitrogen and oxygen atoms in total. The summed E-state index contributed by atoms with van der Waals surface area (Å²) in [5.74, 6) is -6.97. The molecule has 0 saturated carbocycles. The average Bonchev–Trinajstić information content (AvgIpc) is 2.90. The van der Waals surface area contributed by atoms with E-state index < -0.39 is 72.6 Å². The maximum Gasteiger partial charge on any atom is 0.326 e. The van der Waals surface area contributed by atoms with Gasteiger partial charge in [0.25, 0.3) is 0 Å². The van der Waals surface area contributed by atoms with Crippen LogP contribution in [0.1, 0.15) is 30.4 Å². The van der Waals surface area contributed by atoms with E-state index in [1.807, 2.05) is 0 Å². The predicted octanol–water partition coefficient (Wildman–Crippen LogP) is -0.322. The molecule has 40 heavy (non-hydrogen) atoms. The number of nitrogens with two attached hydrogens (primary N) is 1. The summed E-state index contributed by atoms with van der Waals surface area (Å²) in [5, 5.41) is 34.7. The summed E-state index contributed by atoms with van der Waals surface area (Å²) in [6.45, 7) is 0. The number of carbonyl (C=O) groups is 6. The molecule has 214 valence electrons. The van der Waals surface area contributed by atoms with E-state index in [9.17, 15) is 39.0 Å². The van der Waals surface area contributed by atoms with Gasteiger partial charge in [0, 0.05) is 12.8 Å². The highest BCUT2D eigenvalue weighted by Gasteiger charge is 2.32. The van der Waals surface area contributed by atoms with Crippen LogP contribution in [0.2, 0.25) is 0 Å². The van der Waals surface area contributed by atoms with Crippen molar-refractivity contribution in [1.82, 2.24) is 16.0 Å². The summed E-state index contributed by atoms with van der Waals surface area (Å²) in [4.78, 5) is 72.9. The second-order valence-corrected chi connectivity index (χ2v) is 9.04. The van der Waals surface area contributed by atoms with Gasteiger partial charge in [0.05, 0.1) is 12.5 Å². The number of hydrogen-bond donors (Lipinski definition) is 7. The van der Waals surface area contributed by atoms with Crippen molar-refractivity contribution in [1.29, 1.82) is 0 Å². The third-order valence-electron chi connectivity index (χ3n) is 5.82. The van der Waals surface area contributed by atoms with E-state index in [2.05, 4.69) is 16.0 Å². The van der Waals surface area contributed by atoms with E-state index in [0.29, 0.717) is 5.56 Å². The number of benzene rings is 2. The number of carboxylic acid groups (broad SMARTS) is 3. The van der Waals surface area contributed by atoms with Gasteiger partial charge in [0.1, 0.15) is 18.1 Å². The Morgan fingerprint density at radius 2 is 1.10 bits per heavy atom. The quantitative estimate of drug-likeness (QED) is 0.143. The second kappa shape index (κ2) is 15.6. The van der Waals surface area contributed by atoms with Gasteiger partial charge in [0.2, 0.25) is 17.7 Å². The van der Waals surface area contributed by atoms with Crippen LogP contribution in [-0.2, 0) is 41.6 Å². The maximum atomic E-state index is 13.0. The van der Waals surface area contributed by atoms with Crippen LogP contribution >= 0.6 is 0 Å². The lowest BCUT2D eigenvalue weighted by molar-refractivity contribution is -0.143. The minimum absolute atomic E-state index is 0.105. The highest BCUT2D eigenvalue weighted by Crippen LogP contribution is 2.07. The van der Waals surface area contributed by atoms with E-state index in [1.54, 1.807) is 60.7 Å². The first-order valence-corrected chi connectivity index (χ1v) is 12.4. The van der Waals surface area contributed by atoms with Crippen LogP contribution in [-0.4, -0.2) is 75.1 Å². The number of rotatable bonds is 16. The van der Waals surface area contributed by atoms with Crippen molar-refractivity contribution in [2.75, 3.05) is 0 Å². The van der Waals surface area contributed by atoms with Gasteiger partial charge in [-0.2, -0.15) is 0 Å². The molecule has 2 aromatic carbocycles. The highest BCUT2D eigenvalue weighted by atomic mass is 16.4. The Morgan fingerprint density at radius 3 is 1.60 bits per heavy atom. The molecule has 0 aliphatic carbocycles. The third kappa shape index (κ3) is 10.9. The van der Waals surface area contributed by atoms with Gasteiger partial charge in [0.15, 0.2) is 0 Å². The molecule has 4 atom stereocenters. The van der Waals surface area contributed by atoms with E-state index in [4.69, 9.17) is 10.8 Å². The van der Waals surface area contributed by atoms with Crippen molar-refractivity contribution in [2.45, 2.75) is 56.3 Å². The van der Waals surface area contributed by atoms with Gasteiger partial charge in [-0.1, -0.05) is 60.7 Å². The molecular formula is C27H32N4O9. The summed E-state index contributed by atoms with van der Waals surface area (Å²) < 4.78 is 0. The molecule has 4 unspecified atom stereocenters. The summed E-state index contributed by atoms with van der Waals surface area (Å²) in [7, 11) is 0. The molecule has 2 aromatic rings. The Balaban J connectivity index is 2.14. The van der Waals surface area contributed by atoms with E-state index in [0.717, 1.165) is 5.56 Å². The lowest BCUT2D eigenvalue weighted by Crippen LogP contribution is -2.57. The molecule has 8 N–H and O–H groups in total. The van der Waals surface area contributed by atoms with Crippen molar-refractivity contribution in [3.8, 4) is 0 Å². The normalized spacial score (nSPS) is 13.6. The van der Waals surface area contributed by atoms with Gasteiger partial charge >= 0.3 is 17.9 Å². The zero-order chi connectivity index (χ0) is 29.7. The molecule has 0 aliphatic heterocycles. The molecule has 0 spiro atoms. The number of amides is 3. The van der Waals surface area contributed by atoms with Crippen molar-refractivity contribution >= 4 is 35.6 Å². The summed E-state index contributed by atoms with van der Waals surface area (Å²) in [5.41, 5.74) is 7.30. The molecule has 0 saturated heterocycles. The van der Waals surface area contributed by atoms with Crippen molar-refractivity contribution < 1.29 is 44.1 Å². The van der Waals surface area contributed by atoms with Crippen LogP contribution in [0.5, 0.6) is 0 Å². The lowest BCUT2D eigenvalue weighted by atomic mass is 10.0. The Kier molecular flexibility index (Phi) is 12.3. The van der Waals surface area contributed by atoms with Crippen LogP contribution in [0.25, 0.3) is 0 Å². The van der Waals surface area contributed by atoms with Gasteiger partial charge in [-0.05, 0) is 24.0 Å². The molecular weight excluding hydrogens is 524 g/mol. The average molecular weight is 557 g/mol. The van der Waals surface area contributed by atoms with E-state index in [-0.39, 0.29) is 19.3 Å². The van der Waals surface area contributed by atoms with Crippen LogP contribution in [0.15, 0.2) is 60.7 Å². The molecule has 3 amide bonds. The fourth-order valence-corrected chi connectivity index (χ4v) is 3.75. The topological polar surface area (TPSA) is 225 Å². The second-order valence-electron chi connectivity index (χ2n) is 9.04. The standard InChI is InChI=1S/C27H32N4O9/c28-18(13-16-7-3-1-4-8-16)24(36)29-19(11-12-22(32)33)25(37)30-20(15-23(34)35)26(38)31-21(27(39)40)14-17-9-5-2-6-10-17/h1-10,18-21H,11-15,28H2,(H,29,36)(H,30,37)(H,31,38)(H,32,33)(H,34,35)(H,39,40). The van der Waals surface area contributed by atoms with Crippen LogP contribution in [0.3, 0.4) is 0 Å². The largest absolute Gasteiger partial charge is 0.481 e. The zero-order valence-corrected chi connectivity index (χ0v) is 21.5. The van der Waals surface area contributed by atoms with E-state index in [1.165, 1.54) is 0 Å². The van der Waals surface area contributed by atoms with Crippen molar-refractivity contribution in [3.63, 3.8) is 0 Å². The minimum atomic E-state index is -1.72. The first-order valence-electron chi connectivity index (χ1n) is 12.4. The summed E-state index contributed by atoms with van der Waals surface area (Å²) >= 11 is 0. The Bertz CT molecular complexity index is 1190. The number of carbonyl (C=O) groups excluding carboxylic acids is 3. The molecule has 13 heteroatoms. The molecule has 0 heterocycles. The number of aliphatic carboxylic acids is 3. The van der Waals surface area contributed by atoms with Crippen molar-refractivity contribution in [2.24, 2.45) is 5.73 Å². The zero-order valence-electron chi connectivity index (χ0n) is 21.5. The van der Waals surface area contributed by atoms with Gasteiger partial charge in [-0.15, -0.1) is 0 Å². The lowest BCUT2D eigenvalue weighted by Gasteiger charge is -2.24. The molecule has 2 rings (SSSR count).